The molecule has 130 valence electrons. The van der Waals surface area contributed by atoms with Crippen LogP contribution in [0.2, 0.25) is 0 Å². The maximum atomic E-state index is 4.95. The van der Waals surface area contributed by atoms with E-state index in [1.807, 2.05) is 29.6 Å². The molecule has 3 aromatic heterocycles. The summed E-state index contributed by atoms with van der Waals surface area (Å²) >= 11 is 1.76. The first-order valence-electron chi connectivity index (χ1n) is 8.75. The lowest BCUT2D eigenvalue weighted by molar-refractivity contribution is 0.199. The summed E-state index contributed by atoms with van der Waals surface area (Å²) in [5, 5.41) is 0. The smallest absolute Gasteiger partial charge is 0.0948 e. The highest BCUT2D eigenvalue weighted by atomic mass is 32.1. The number of nitrogens with zero attached hydrogens (tertiary/aromatic N) is 5. The fourth-order valence-corrected chi connectivity index (χ4v) is 4.37. The number of hydrogen-bond donors (Lipinski definition) is 0. The Morgan fingerprint density at radius 2 is 2.24 bits per heavy atom. The van der Waals surface area contributed by atoms with E-state index in [-0.39, 0.29) is 0 Å². The van der Waals surface area contributed by atoms with E-state index in [9.17, 15) is 0 Å². The first-order valence-corrected chi connectivity index (χ1v) is 9.63. The highest BCUT2D eigenvalue weighted by molar-refractivity contribution is 7.09. The monoisotopic (exact) mass is 353 g/mol. The Morgan fingerprint density at radius 1 is 1.32 bits per heavy atom. The molecular weight excluding hydrogens is 330 g/mol. The van der Waals surface area contributed by atoms with Gasteiger partial charge >= 0.3 is 0 Å². The predicted molar refractivity (Wildman–Crippen MR) is 101 cm³/mol. The molecule has 6 heteroatoms. The molecule has 0 aromatic carbocycles. The number of likely N-dealkylation sites (tertiary alicyclic amines) is 1. The third-order valence-corrected chi connectivity index (χ3v) is 5.91. The maximum absolute atomic E-state index is 4.95. The number of aryl methyl sites for hydroxylation is 2. The van der Waals surface area contributed by atoms with E-state index in [1.165, 1.54) is 29.1 Å². The van der Waals surface area contributed by atoms with Crippen molar-refractivity contribution < 1.29 is 0 Å². The molecule has 0 spiro atoms. The van der Waals surface area contributed by atoms with E-state index in [2.05, 4.69) is 40.0 Å². The van der Waals surface area contributed by atoms with Gasteiger partial charge in [0.2, 0.25) is 0 Å². The van der Waals surface area contributed by atoms with Gasteiger partial charge in [0.25, 0.3) is 0 Å². The zero-order chi connectivity index (χ0) is 17.2. The number of aromatic nitrogens is 4. The van der Waals surface area contributed by atoms with Gasteiger partial charge in [0.15, 0.2) is 0 Å². The standard InChI is InChI=1S/C19H23N5S/c1-14-19(25-13-21-14)11-24-8-4-5-15(10-24)16-6-3-7-17(22-16)18-9-20-12-23(18)2/h3,6-7,9,12-13,15H,4-5,8,10-11H2,1-2H3/t15-/m1/s1. The van der Waals surface area contributed by atoms with Crippen LogP contribution >= 0.6 is 11.3 Å². The third kappa shape index (κ3) is 3.50. The highest BCUT2D eigenvalue weighted by Gasteiger charge is 2.23. The highest BCUT2D eigenvalue weighted by Crippen LogP contribution is 2.29. The van der Waals surface area contributed by atoms with Crippen LogP contribution in [0, 0.1) is 6.92 Å². The molecule has 0 unspecified atom stereocenters. The minimum absolute atomic E-state index is 0.496. The number of thiazole rings is 1. The molecule has 4 heterocycles. The summed E-state index contributed by atoms with van der Waals surface area (Å²) in [6.45, 7) is 5.34. The Bertz CT molecular complexity index is 853. The van der Waals surface area contributed by atoms with Gasteiger partial charge in [-0.25, -0.2) is 9.97 Å². The van der Waals surface area contributed by atoms with E-state index in [1.54, 1.807) is 11.3 Å². The van der Waals surface area contributed by atoms with E-state index in [4.69, 9.17) is 4.98 Å². The minimum atomic E-state index is 0.496. The van der Waals surface area contributed by atoms with E-state index >= 15 is 0 Å². The van der Waals surface area contributed by atoms with Crippen LogP contribution in [0.25, 0.3) is 11.4 Å². The molecule has 0 saturated carbocycles. The summed E-state index contributed by atoms with van der Waals surface area (Å²) in [7, 11) is 2.01. The van der Waals surface area contributed by atoms with Crippen LogP contribution in [0.1, 0.15) is 35.0 Å². The summed E-state index contributed by atoms with van der Waals surface area (Å²) in [5.74, 6) is 0.496. The van der Waals surface area contributed by atoms with Crippen LogP contribution in [0.3, 0.4) is 0 Å². The minimum Gasteiger partial charge on any atom is -0.332 e. The van der Waals surface area contributed by atoms with Crippen molar-refractivity contribution in [2.45, 2.75) is 32.2 Å². The molecule has 1 saturated heterocycles. The van der Waals surface area contributed by atoms with E-state index < -0.39 is 0 Å². The van der Waals surface area contributed by atoms with Crippen molar-refractivity contribution in [1.82, 2.24) is 24.4 Å². The molecule has 4 rings (SSSR count). The Kier molecular flexibility index (Phi) is 4.63. The molecule has 1 aliphatic heterocycles. The number of piperidine rings is 1. The molecule has 0 bridgehead atoms. The molecule has 0 N–H and O–H groups in total. The largest absolute Gasteiger partial charge is 0.332 e. The van der Waals surface area contributed by atoms with Crippen molar-refractivity contribution >= 4 is 11.3 Å². The zero-order valence-electron chi connectivity index (χ0n) is 14.7. The van der Waals surface area contributed by atoms with Crippen LogP contribution in [0.4, 0.5) is 0 Å². The average molecular weight is 353 g/mol. The lowest BCUT2D eigenvalue weighted by Gasteiger charge is -2.32. The van der Waals surface area contributed by atoms with Crippen molar-refractivity contribution in [3.63, 3.8) is 0 Å². The normalized spacial score (nSPS) is 18.6. The van der Waals surface area contributed by atoms with Gasteiger partial charge in [-0.3, -0.25) is 9.88 Å². The first kappa shape index (κ1) is 16.4. The third-order valence-electron chi connectivity index (χ3n) is 4.99. The Morgan fingerprint density at radius 3 is 3.00 bits per heavy atom. The van der Waals surface area contributed by atoms with Gasteiger partial charge < -0.3 is 4.57 Å². The van der Waals surface area contributed by atoms with Gasteiger partial charge in [0, 0.05) is 36.6 Å². The number of hydrogen-bond acceptors (Lipinski definition) is 5. The van der Waals surface area contributed by atoms with Gasteiger partial charge in [0.05, 0.1) is 35.1 Å². The fraction of sp³-hybridized carbons (Fsp3) is 0.421. The fourth-order valence-electron chi connectivity index (χ4n) is 3.55. The second-order valence-electron chi connectivity index (χ2n) is 6.77. The molecule has 1 fully saturated rings. The quantitative estimate of drug-likeness (QED) is 0.719. The predicted octanol–water partition coefficient (Wildman–Crippen LogP) is 3.63. The summed E-state index contributed by atoms with van der Waals surface area (Å²) in [4.78, 5) is 17.5. The van der Waals surface area contributed by atoms with Crippen LogP contribution in [-0.4, -0.2) is 37.5 Å². The molecule has 1 atom stereocenters. The molecule has 3 aromatic rings. The maximum Gasteiger partial charge on any atom is 0.0948 e. The van der Waals surface area contributed by atoms with Gasteiger partial charge in [-0.05, 0) is 38.4 Å². The lowest BCUT2D eigenvalue weighted by atomic mass is 9.94. The van der Waals surface area contributed by atoms with Crippen LogP contribution in [0.5, 0.6) is 0 Å². The van der Waals surface area contributed by atoms with Crippen molar-refractivity contribution in [1.29, 1.82) is 0 Å². The Labute approximate surface area is 152 Å². The van der Waals surface area contributed by atoms with Gasteiger partial charge in [-0.1, -0.05) is 6.07 Å². The lowest BCUT2D eigenvalue weighted by Crippen LogP contribution is -2.34. The van der Waals surface area contributed by atoms with Crippen LogP contribution < -0.4 is 0 Å². The van der Waals surface area contributed by atoms with Gasteiger partial charge in [-0.15, -0.1) is 11.3 Å². The number of rotatable bonds is 4. The Balaban J connectivity index is 1.51. The summed E-state index contributed by atoms with van der Waals surface area (Å²) in [5.41, 5.74) is 6.39. The second kappa shape index (κ2) is 7.06. The number of imidazole rings is 1. The second-order valence-corrected chi connectivity index (χ2v) is 7.71. The van der Waals surface area contributed by atoms with E-state index in [0.29, 0.717) is 5.92 Å². The zero-order valence-corrected chi connectivity index (χ0v) is 15.5. The molecule has 0 radical (unpaired) electrons. The topological polar surface area (TPSA) is 46.8 Å². The molecule has 0 amide bonds. The summed E-state index contributed by atoms with van der Waals surface area (Å²) in [6.07, 6.45) is 6.13. The first-order chi connectivity index (χ1) is 12.2. The summed E-state index contributed by atoms with van der Waals surface area (Å²) in [6, 6.07) is 6.37. The number of pyridine rings is 1. The molecule has 1 aliphatic rings. The average Bonchev–Trinajstić information content (AvgIpc) is 3.24. The van der Waals surface area contributed by atoms with Gasteiger partial charge in [0.1, 0.15) is 0 Å². The Hall–Kier alpha value is -2.05. The van der Waals surface area contributed by atoms with Gasteiger partial charge in [-0.2, -0.15) is 0 Å². The molecule has 0 aliphatic carbocycles. The van der Waals surface area contributed by atoms with Crippen molar-refractivity contribution in [2.75, 3.05) is 13.1 Å². The summed E-state index contributed by atoms with van der Waals surface area (Å²) < 4.78 is 2.02. The van der Waals surface area contributed by atoms with E-state index in [0.717, 1.165) is 31.0 Å². The molecule has 25 heavy (non-hydrogen) atoms. The van der Waals surface area contributed by atoms with Crippen molar-refractivity contribution in [3.8, 4) is 11.4 Å². The van der Waals surface area contributed by atoms with Crippen LogP contribution in [0.15, 0.2) is 36.2 Å². The SMILES string of the molecule is Cc1ncsc1CN1CCC[C@@H](c2cccc(-c3cncn3C)n2)C1. The van der Waals surface area contributed by atoms with Crippen LogP contribution in [-0.2, 0) is 13.6 Å². The molecular formula is C19H23N5S. The van der Waals surface area contributed by atoms with Crippen molar-refractivity contribution in [2.24, 2.45) is 7.05 Å². The van der Waals surface area contributed by atoms with Crippen molar-refractivity contribution in [3.05, 3.63) is 52.5 Å². The molecule has 5 nitrogen and oxygen atoms in total.